The maximum Gasteiger partial charge on any atom is 0.270 e. The first-order valence-corrected chi connectivity index (χ1v) is 10.7. The number of thioether (sulfide) groups is 1. The lowest BCUT2D eigenvalue weighted by atomic mass is 10.2. The highest BCUT2D eigenvalue weighted by molar-refractivity contribution is 7.99. The molecule has 160 valence electrons. The maximum atomic E-state index is 12.5. The fourth-order valence-electron chi connectivity index (χ4n) is 3.08. The number of amides is 1. The number of carbonyl (C=O) groups is 1. The number of anilines is 1. The third-order valence-corrected chi connectivity index (χ3v) is 5.56. The van der Waals surface area contributed by atoms with E-state index in [-0.39, 0.29) is 17.3 Å². The number of nitrogens with one attached hydrogen (secondary N) is 1. The summed E-state index contributed by atoms with van der Waals surface area (Å²) >= 11 is 1.24. The molecule has 4 aromatic rings. The predicted octanol–water partition coefficient (Wildman–Crippen LogP) is 4.88. The number of non-ortho nitro benzene ring substituents is 1. The van der Waals surface area contributed by atoms with Crippen LogP contribution in [-0.2, 0) is 4.79 Å². The second-order valence-corrected chi connectivity index (χ2v) is 7.93. The first-order chi connectivity index (χ1) is 15.5. The molecule has 4 rings (SSSR count). The van der Waals surface area contributed by atoms with Crippen LogP contribution >= 0.6 is 11.8 Å². The van der Waals surface area contributed by atoms with Gasteiger partial charge < -0.3 is 5.32 Å². The molecule has 0 spiro atoms. The topological polar surface area (TPSA) is 103 Å². The number of aromatic nitrogens is 3. The zero-order valence-corrected chi connectivity index (χ0v) is 18.0. The Hall–Kier alpha value is -3.98. The molecule has 0 aliphatic carbocycles. The molecule has 0 aliphatic heterocycles. The fourth-order valence-corrected chi connectivity index (χ4v) is 3.83. The van der Waals surface area contributed by atoms with Crippen molar-refractivity contribution >= 4 is 29.0 Å². The number of rotatable bonds is 7. The van der Waals surface area contributed by atoms with E-state index in [0.717, 1.165) is 16.9 Å². The van der Waals surface area contributed by atoms with Gasteiger partial charge in [0, 0.05) is 29.1 Å². The van der Waals surface area contributed by atoms with Crippen molar-refractivity contribution in [2.45, 2.75) is 12.1 Å². The summed E-state index contributed by atoms with van der Waals surface area (Å²) in [7, 11) is 0. The number of hydrogen-bond donors (Lipinski definition) is 1. The van der Waals surface area contributed by atoms with Gasteiger partial charge in [-0.25, -0.2) is 0 Å². The standard InChI is InChI=1S/C23H19N5O3S/c1-16-10-12-18(13-11-16)24-21(29)15-32-23-26-25-22(27(23)19-7-3-2-4-8-19)17-6-5-9-20(14-17)28(30)31/h2-14H,15H2,1H3,(H,24,29). The van der Waals surface area contributed by atoms with Crippen molar-refractivity contribution in [1.29, 1.82) is 0 Å². The SMILES string of the molecule is Cc1ccc(NC(=O)CSc2nnc(-c3cccc([N+](=O)[O-])c3)n2-c2ccccc2)cc1. The molecular weight excluding hydrogens is 426 g/mol. The van der Waals surface area contributed by atoms with E-state index in [9.17, 15) is 14.9 Å². The van der Waals surface area contributed by atoms with E-state index in [2.05, 4.69) is 15.5 Å². The summed E-state index contributed by atoms with van der Waals surface area (Å²) in [5, 5.41) is 23.1. The molecule has 1 amide bonds. The summed E-state index contributed by atoms with van der Waals surface area (Å²) in [5.41, 5.74) is 3.16. The van der Waals surface area contributed by atoms with Crippen LogP contribution in [0.15, 0.2) is 84.0 Å². The van der Waals surface area contributed by atoms with Gasteiger partial charge in [0.25, 0.3) is 5.69 Å². The van der Waals surface area contributed by atoms with Gasteiger partial charge in [0.15, 0.2) is 11.0 Å². The zero-order valence-electron chi connectivity index (χ0n) is 17.1. The highest BCUT2D eigenvalue weighted by atomic mass is 32.2. The Balaban J connectivity index is 1.61. The van der Waals surface area contributed by atoms with Crippen LogP contribution in [0.25, 0.3) is 17.1 Å². The minimum atomic E-state index is -0.447. The largest absolute Gasteiger partial charge is 0.325 e. The van der Waals surface area contributed by atoms with E-state index in [1.165, 1.54) is 23.9 Å². The van der Waals surface area contributed by atoms with E-state index in [1.807, 2.05) is 61.5 Å². The molecule has 0 bridgehead atoms. The Kier molecular flexibility index (Phi) is 6.27. The number of para-hydroxylation sites is 1. The maximum absolute atomic E-state index is 12.5. The molecule has 1 aromatic heterocycles. The lowest BCUT2D eigenvalue weighted by Gasteiger charge is -2.10. The first kappa shape index (κ1) is 21.3. The van der Waals surface area contributed by atoms with Gasteiger partial charge in [0.1, 0.15) is 0 Å². The third kappa shape index (κ3) is 4.84. The number of nitro groups is 1. The average Bonchev–Trinajstić information content (AvgIpc) is 3.24. The molecule has 0 saturated heterocycles. The molecule has 1 heterocycles. The first-order valence-electron chi connectivity index (χ1n) is 9.76. The number of aryl methyl sites for hydroxylation is 1. The van der Waals surface area contributed by atoms with E-state index >= 15 is 0 Å². The van der Waals surface area contributed by atoms with E-state index < -0.39 is 4.92 Å². The van der Waals surface area contributed by atoms with Gasteiger partial charge in [-0.1, -0.05) is 59.8 Å². The Morgan fingerprint density at radius 2 is 1.78 bits per heavy atom. The highest BCUT2D eigenvalue weighted by Crippen LogP contribution is 2.29. The van der Waals surface area contributed by atoms with E-state index in [0.29, 0.717) is 16.5 Å². The summed E-state index contributed by atoms with van der Waals surface area (Å²) in [4.78, 5) is 23.2. The van der Waals surface area contributed by atoms with E-state index in [4.69, 9.17) is 0 Å². The van der Waals surface area contributed by atoms with Gasteiger partial charge in [-0.05, 0) is 31.2 Å². The molecule has 0 radical (unpaired) electrons. The Labute approximate surface area is 188 Å². The molecule has 1 N–H and O–H groups in total. The van der Waals surface area contributed by atoms with Gasteiger partial charge >= 0.3 is 0 Å². The second-order valence-electron chi connectivity index (χ2n) is 6.99. The van der Waals surface area contributed by atoms with Gasteiger partial charge in [0.2, 0.25) is 5.91 Å². The average molecular weight is 446 g/mol. The van der Waals surface area contributed by atoms with Crippen LogP contribution in [0.3, 0.4) is 0 Å². The van der Waals surface area contributed by atoms with Crippen molar-refractivity contribution in [3.8, 4) is 17.1 Å². The minimum Gasteiger partial charge on any atom is -0.325 e. The minimum absolute atomic E-state index is 0.0307. The van der Waals surface area contributed by atoms with E-state index in [1.54, 1.807) is 16.7 Å². The van der Waals surface area contributed by atoms with Gasteiger partial charge in [-0.3, -0.25) is 19.5 Å². The highest BCUT2D eigenvalue weighted by Gasteiger charge is 2.19. The lowest BCUT2D eigenvalue weighted by molar-refractivity contribution is -0.384. The molecular formula is C23H19N5O3S. The number of benzene rings is 3. The summed E-state index contributed by atoms with van der Waals surface area (Å²) < 4.78 is 1.79. The molecule has 32 heavy (non-hydrogen) atoms. The van der Waals surface area contributed by atoms with Crippen molar-refractivity contribution in [2.75, 3.05) is 11.1 Å². The predicted molar refractivity (Wildman–Crippen MR) is 124 cm³/mol. The molecule has 9 heteroatoms. The molecule has 8 nitrogen and oxygen atoms in total. The van der Waals surface area contributed by atoms with Crippen LogP contribution in [-0.4, -0.2) is 31.3 Å². The second kappa shape index (κ2) is 9.44. The Morgan fingerprint density at radius 3 is 2.50 bits per heavy atom. The van der Waals surface area contributed by atoms with Crippen molar-refractivity contribution in [1.82, 2.24) is 14.8 Å². The summed E-state index contributed by atoms with van der Waals surface area (Å²) in [6, 6.07) is 23.2. The van der Waals surface area contributed by atoms with Crippen molar-refractivity contribution in [3.63, 3.8) is 0 Å². The summed E-state index contributed by atoms with van der Waals surface area (Å²) in [5.74, 6) is 0.424. The molecule has 0 aliphatic rings. The Morgan fingerprint density at radius 1 is 1.03 bits per heavy atom. The molecule has 0 saturated carbocycles. The van der Waals surface area contributed by atoms with Crippen molar-refractivity contribution in [3.05, 3.63) is 94.5 Å². The monoisotopic (exact) mass is 445 g/mol. The molecule has 0 fully saturated rings. The summed E-state index contributed by atoms with van der Waals surface area (Å²) in [6.07, 6.45) is 0. The van der Waals surface area contributed by atoms with Crippen LogP contribution < -0.4 is 5.32 Å². The molecule has 0 atom stereocenters. The fraction of sp³-hybridized carbons (Fsp3) is 0.0870. The summed E-state index contributed by atoms with van der Waals surface area (Å²) in [6.45, 7) is 1.98. The van der Waals surface area contributed by atoms with Crippen LogP contribution in [0.5, 0.6) is 0 Å². The van der Waals surface area contributed by atoms with Gasteiger partial charge in [-0.15, -0.1) is 10.2 Å². The Bertz CT molecular complexity index is 1260. The number of carbonyl (C=O) groups excluding carboxylic acids is 1. The van der Waals surface area contributed by atoms with Crippen LogP contribution in [0, 0.1) is 17.0 Å². The van der Waals surface area contributed by atoms with Crippen LogP contribution in [0.1, 0.15) is 5.56 Å². The quantitative estimate of drug-likeness (QED) is 0.247. The lowest BCUT2D eigenvalue weighted by Crippen LogP contribution is -2.14. The van der Waals surface area contributed by atoms with Crippen LogP contribution in [0.4, 0.5) is 11.4 Å². The molecule has 3 aromatic carbocycles. The van der Waals surface area contributed by atoms with Gasteiger partial charge in [0.05, 0.1) is 10.7 Å². The zero-order chi connectivity index (χ0) is 22.5. The number of nitrogens with zero attached hydrogens (tertiary/aromatic N) is 4. The van der Waals surface area contributed by atoms with Crippen molar-refractivity contribution in [2.24, 2.45) is 0 Å². The number of nitro benzene ring substituents is 1. The normalized spacial score (nSPS) is 10.7. The number of hydrogen-bond acceptors (Lipinski definition) is 6. The van der Waals surface area contributed by atoms with Crippen molar-refractivity contribution < 1.29 is 9.72 Å². The molecule has 0 unspecified atom stereocenters. The van der Waals surface area contributed by atoms with Crippen LogP contribution in [0.2, 0.25) is 0 Å². The smallest absolute Gasteiger partial charge is 0.270 e. The van der Waals surface area contributed by atoms with Gasteiger partial charge in [-0.2, -0.15) is 0 Å². The third-order valence-electron chi connectivity index (χ3n) is 4.63.